The Balaban J connectivity index is 1.87. The van der Waals surface area contributed by atoms with E-state index in [9.17, 15) is 4.39 Å². The minimum absolute atomic E-state index is 0.200. The van der Waals surface area contributed by atoms with E-state index in [1.165, 1.54) is 17.8 Å². The Labute approximate surface area is 143 Å². The third kappa shape index (κ3) is 3.41. The van der Waals surface area contributed by atoms with E-state index in [4.69, 9.17) is 11.6 Å². The van der Waals surface area contributed by atoms with Crippen LogP contribution < -0.4 is 0 Å². The van der Waals surface area contributed by atoms with Crippen molar-refractivity contribution in [2.75, 3.05) is 0 Å². The van der Waals surface area contributed by atoms with E-state index in [-0.39, 0.29) is 5.82 Å². The molecule has 0 amide bonds. The summed E-state index contributed by atoms with van der Waals surface area (Å²) in [4.78, 5) is 0. The van der Waals surface area contributed by atoms with Crippen molar-refractivity contribution in [3.8, 4) is 11.4 Å². The van der Waals surface area contributed by atoms with Crippen LogP contribution in [-0.2, 0) is 12.3 Å². The molecule has 0 aliphatic rings. The van der Waals surface area contributed by atoms with Crippen LogP contribution in [0, 0.1) is 5.82 Å². The highest BCUT2D eigenvalue weighted by Crippen LogP contribution is 2.30. The number of benzene rings is 2. The summed E-state index contributed by atoms with van der Waals surface area (Å²) in [5, 5.41) is 9.91. The SMILES string of the molecule is CCn1c(SCc2ccccc2F)nnc1-c1ccccc1Cl. The normalized spacial score (nSPS) is 10.9. The van der Waals surface area contributed by atoms with Crippen LogP contribution in [-0.4, -0.2) is 14.8 Å². The molecule has 3 aromatic rings. The van der Waals surface area contributed by atoms with Gasteiger partial charge in [-0.15, -0.1) is 10.2 Å². The minimum atomic E-state index is -0.200. The predicted molar refractivity (Wildman–Crippen MR) is 92.1 cm³/mol. The van der Waals surface area contributed by atoms with Crippen molar-refractivity contribution in [1.29, 1.82) is 0 Å². The van der Waals surface area contributed by atoms with Gasteiger partial charge in [-0.1, -0.05) is 53.7 Å². The second-order valence-corrected chi connectivity index (χ2v) is 6.26. The molecule has 3 rings (SSSR count). The molecule has 2 aromatic carbocycles. The molecule has 0 unspecified atom stereocenters. The van der Waals surface area contributed by atoms with Crippen LogP contribution in [0.25, 0.3) is 11.4 Å². The third-order valence-corrected chi connectivity index (χ3v) is 4.81. The molecular weight excluding hydrogens is 333 g/mol. The Morgan fingerprint density at radius 3 is 2.57 bits per heavy atom. The van der Waals surface area contributed by atoms with Crippen molar-refractivity contribution in [3.05, 3.63) is 64.9 Å². The van der Waals surface area contributed by atoms with E-state index in [2.05, 4.69) is 10.2 Å². The second-order valence-electron chi connectivity index (χ2n) is 4.91. The Kier molecular flexibility index (Phi) is 4.98. The maximum absolute atomic E-state index is 13.7. The average molecular weight is 348 g/mol. The lowest BCUT2D eigenvalue weighted by molar-refractivity contribution is 0.617. The summed E-state index contributed by atoms with van der Waals surface area (Å²) in [5.74, 6) is 1.04. The predicted octanol–water partition coefficient (Wildman–Crippen LogP) is 5.05. The fourth-order valence-electron chi connectivity index (χ4n) is 2.28. The molecule has 118 valence electrons. The van der Waals surface area contributed by atoms with Crippen LogP contribution in [0.2, 0.25) is 5.02 Å². The van der Waals surface area contributed by atoms with Crippen LogP contribution in [0.1, 0.15) is 12.5 Å². The zero-order chi connectivity index (χ0) is 16.2. The van der Waals surface area contributed by atoms with Crippen LogP contribution >= 0.6 is 23.4 Å². The first-order valence-electron chi connectivity index (χ1n) is 7.25. The largest absolute Gasteiger partial charge is 0.302 e. The molecule has 0 saturated heterocycles. The molecule has 0 radical (unpaired) electrons. The number of hydrogen-bond donors (Lipinski definition) is 0. The molecule has 0 atom stereocenters. The zero-order valence-electron chi connectivity index (χ0n) is 12.5. The van der Waals surface area contributed by atoms with Crippen molar-refractivity contribution >= 4 is 23.4 Å². The van der Waals surface area contributed by atoms with Gasteiger partial charge in [0, 0.05) is 17.9 Å². The molecule has 3 nitrogen and oxygen atoms in total. The van der Waals surface area contributed by atoms with Crippen LogP contribution in [0.4, 0.5) is 4.39 Å². The summed E-state index contributed by atoms with van der Waals surface area (Å²) in [5.41, 5.74) is 1.50. The zero-order valence-corrected chi connectivity index (χ0v) is 14.1. The van der Waals surface area contributed by atoms with Gasteiger partial charge in [-0.2, -0.15) is 0 Å². The average Bonchev–Trinajstić information content (AvgIpc) is 2.97. The maximum Gasteiger partial charge on any atom is 0.191 e. The van der Waals surface area contributed by atoms with Crippen molar-refractivity contribution in [2.45, 2.75) is 24.4 Å². The summed E-state index contributed by atoms with van der Waals surface area (Å²) in [6.07, 6.45) is 0. The summed E-state index contributed by atoms with van der Waals surface area (Å²) >= 11 is 7.72. The molecule has 0 N–H and O–H groups in total. The molecule has 6 heteroatoms. The Morgan fingerprint density at radius 1 is 1.09 bits per heavy atom. The molecular formula is C17H15ClFN3S. The highest BCUT2D eigenvalue weighted by molar-refractivity contribution is 7.98. The Hall–Kier alpha value is -1.85. The van der Waals surface area contributed by atoms with Crippen molar-refractivity contribution < 1.29 is 4.39 Å². The van der Waals surface area contributed by atoms with Gasteiger partial charge in [-0.3, -0.25) is 0 Å². The fraction of sp³-hybridized carbons (Fsp3) is 0.176. The number of thioether (sulfide) groups is 1. The Bertz CT molecular complexity index is 819. The van der Waals surface area contributed by atoms with Crippen LogP contribution in [0.3, 0.4) is 0 Å². The van der Waals surface area contributed by atoms with Crippen molar-refractivity contribution in [2.24, 2.45) is 0 Å². The summed E-state index contributed by atoms with van der Waals surface area (Å²) < 4.78 is 15.7. The van der Waals surface area contributed by atoms with E-state index in [0.29, 0.717) is 22.9 Å². The van der Waals surface area contributed by atoms with Crippen LogP contribution in [0.15, 0.2) is 53.7 Å². The lowest BCUT2D eigenvalue weighted by atomic mass is 10.2. The Morgan fingerprint density at radius 2 is 1.83 bits per heavy atom. The molecule has 0 spiro atoms. The highest BCUT2D eigenvalue weighted by Gasteiger charge is 2.15. The number of rotatable bonds is 5. The first-order valence-corrected chi connectivity index (χ1v) is 8.61. The molecule has 0 bridgehead atoms. The molecule has 0 aliphatic carbocycles. The number of nitrogens with zero attached hydrogens (tertiary/aromatic N) is 3. The molecule has 23 heavy (non-hydrogen) atoms. The number of aromatic nitrogens is 3. The lowest BCUT2D eigenvalue weighted by Gasteiger charge is -2.08. The maximum atomic E-state index is 13.7. The van der Waals surface area contributed by atoms with Gasteiger partial charge in [0.15, 0.2) is 11.0 Å². The summed E-state index contributed by atoms with van der Waals surface area (Å²) in [6, 6.07) is 14.3. The molecule has 1 aromatic heterocycles. The van der Waals surface area contributed by atoms with Gasteiger partial charge in [-0.25, -0.2) is 4.39 Å². The van der Waals surface area contributed by atoms with E-state index in [0.717, 1.165) is 16.5 Å². The van der Waals surface area contributed by atoms with Crippen LogP contribution in [0.5, 0.6) is 0 Å². The van der Waals surface area contributed by atoms with Gasteiger partial charge in [0.1, 0.15) is 5.82 Å². The van der Waals surface area contributed by atoms with E-state index in [1.807, 2.05) is 41.8 Å². The monoisotopic (exact) mass is 347 g/mol. The second kappa shape index (κ2) is 7.15. The van der Waals surface area contributed by atoms with Gasteiger partial charge in [0.2, 0.25) is 0 Å². The first-order chi connectivity index (χ1) is 11.2. The summed E-state index contributed by atoms with van der Waals surface area (Å²) in [6.45, 7) is 2.74. The lowest BCUT2D eigenvalue weighted by Crippen LogP contribution is -2.00. The standard InChI is InChI=1S/C17H15ClFN3S/c1-2-22-16(13-8-4-5-9-14(13)18)20-21-17(22)23-11-12-7-3-6-10-15(12)19/h3-10H,2,11H2,1H3. The third-order valence-electron chi connectivity index (χ3n) is 3.46. The first kappa shape index (κ1) is 16.0. The fourth-order valence-corrected chi connectivity index (χ4v) is 3.49. The van der Waals surface area contributed by atoms with E-state index in [1.54, 1.807) is 12.1 Å². The van der Waals surface area contributed by atoms with E-state index < -0.39 is 0 Å². The van der Waals surface area contributed by atoms with Crippen molar-refractivity contribution in [1.82, 2.24) is 14.8 Å². The van der Waals surface area contributed by atoms with Gasteiger partial charge >= 0.3 is 0 Å². The summed E-state index contributed by atoms with van der Waals surface area (Å²) in [7, 11) is 0. The van der Waals surface area contributed by atoms with Gasteiger partial charge in [0.05, 0.1) is 5.02 Å². The topological polar surface area (TPSA) is 30.7 Å². The number of halogens is 2. The highest BCUT2D eigenvalue weighted by atomic mass is 35.5. The number of hydrogen-bond acceptors (Lipinski definition) is 3. The quantitative estimate of drug-likeness (QED) is 0.605. The van der Waals surface area contributed by atoms with E-state index >= 15 is 0 Å². The molecule has 1 heterocycles. The molecule has 0 fully saturated rings. The minimum Gasteiger partial charge on any atom is -0.302 e. The molecule has 0 saturated carbocycles. The smallest absolute Gasteiger partial charge is 0.191 e. The molecule has 0 aliphatic heterocycles. The van der Waals surface area contributed by atoms with Gasteiger partial charge < -0.3 is 4.57 Å². The van der Waals surface area contributed by atoms with Gasteiger partial charge in [-0.05, 0) is 30.7 Å². The van der Waals surface area contributed by atoms with Crippen molar-refractivity contribution in [3.63, 3.8) is 0 Å². The van der Waals surface area contributed by atoms with Gasteiger partial charge in [0.25, 0.3) is 0 Å².